The Morgan fingerprint density at radius 3 is 2.24 bits per heavy atom. The Morgan fingerprint density at radius 2 is 1.76 bits per heavy atom. The molecule has 0 spiro atoms. The van der Waals surface area contributed by atoms with Crippen molar-refractivity contribution in [1.29, 1.82) is 0 Å². The zero-order valence-electron chi connectivity index (χ0n) is 22.3. The second-order valence-corrected chi connectivity index (χ2v) is 10.3. The number of alkyl halides is 2. The van der Waals surface area contributed by atoms with E-state index in [1.807, 2.05) is 6.92 Å². The fourth-order valence-electron chi connectivity index (χ4n) is 3.82. The van der Waals surface area contributed by atoms with Crippen molar-refractivity contribution in [3.8, 4) is 0 Å². The number of likely N-dealkylation sites (tertiary alicyclic amines) is 1. The number of hydrogen-bond acceptors (Lipinski definition) is 6. The second-order valence-electron chi connectivity index (χ2n) is 10.3. The monoisotopic (exact) mass is 525 g/mol. The van der Waals surface area contributed by atoms with Crippen LogP contribution in [0.4, 0.5) is 13.6 Å². The van der Waals surface area contributed by atoms with Crippen LogP contribution in [0.25, 0.3) is 0 Å². The number of benzene rings is 1. The van der Waals surface area contributed by atoms with Crippen LogP contribution in [0.15, 0.2) is 24.3 Å². The highest BCUT2D eigenvalue weighted by atomic mass is 19.3. The van der Waals surface area contributed by atoms with Gasteiger partial charge in [-0.05, 0) is 44.9 Å². The van der Waals surface area contributed by atoms with E-state index in [1.54, 1.807) is 20.8 Å². The van der Waals surface area contributed by atoms with E-state index in [-0.39, 0.29) is 18.7 Å². The summed E-state index contributed by atoms with van der Waals surface area (Å²) in [6.07, 6.45) is 0.103. The molecule has 1 aromatic rings. The van der Waals surface area contributed by atoms with Gasteiger partial charge in [-0.25, -0.2) is 18.4 Å². The normalized spacial score (nSPS) is 16.5. The number of rotatable bonds is 9. The molecule has 0 saturated carbocycles. The van der Waals surface area contributed by atoms with E-state index in [1.165, 1.54) is 43.3 Å². The van der Waals surface area contributed by atoms with Gasteiger partial charge in [0.25, 0.3) is 5.92 Å². The van der Waals surface area contributed by atoms with Crippen molar-refractivity contribution in [2.45, 2.75) is 70.4 Å². The van der Waals surface area contributed by atoms with Gasteiger partial charge >= 0.3 is 12.1 Å². The Labute approximate surface area is 216 Å². The number of nitrogens with one attached hydrogen (secondary N) is 1. The predicted octanol–water partition coefficient (Wildman–Crippen LogP) is 3.58. The van der Waals surface area contributed by atoms with Gasteiger partial charge in [0.15, 0.2) is 0 Å². The van der Waals surface area contributed by atoms with E-state index in [0.29, 0.717) is 5.56 Å². The number of amides is 3. The lowest BCUT2D eigenvalue weighted by molar-refractivity contribution is -0.139. The summed E-state index contributed by atoms with van der Waals surface area (Å²) in [4.78, 5) is 53.9. The van der Waals surface area contributed by atoms with Crippen LogP contribution < -0.4 is 5.32 Å². The quantitative estimate of drug-likeness (QED) is 0.390. The van der Waals surface area contributed by atoms with Crippen molar-refractivity contribution >= 4 is 23.9 Å². The zero-order valence-corrected chi connectivity index (χ0v) is 22.3. The lowest BCUT2D eigenvalue weighted by atomic mass is 9.88. The zero-order chi connectivity index (χ0) is 28.0. The molecule has 206 valence electrons. The molecule has 0 aliphatic carbocycles. The number of alkyl carbamates (subject to hydrolysis) is 1. The van der Waals surface area contributed by atoms with Gasteiger partial charge in [0.05, 0.1) is 24.6 Å². The number of esters is 1. The minimum Gasteiger partial charge on any atom is -0.462 e. The molecular weight excluding hydrogens is 488 g/mol. The summed E-state index contributed by atoms with van der Waals surface area (Å²) in [7, 11) is 2.96. The van der Waals surface area contributed by atoms with Crippen molar-refractivity contribution in [3.63, 3.8) is 0 Å². The number of hydrogen-bond donors (Lipinski definition) is 1. The number of carbonyl (C=O) groups is 4. The third-order valence-electron chi connectivity index (χ3n) is 5.70. The Hall–Kier alpha value is -3.24. The third-order valence-corrected chi connectivity index (χ3v) is 5.70. The molecule has 0 bridgehead atoms. The summed E-state index contributed by atoms with van der Waals surface area (Å²) < 4.78 is 38.3. The molecule has 11 heteroatoms. The predicted molar refractivity (Wildman–Crippen MR) is 132 cm³/mol. The first kappa shape index (κ1) is 30.0. The Kier molecular flexibility index (Phi) is 10.00. The van der Waals surface area contributed by atoms with E-state index in [0.717, 1.165) is 17.7 Å². The van der Waals surface area contributed by atoms with Crippen molar-refractivity contribution < 1.29 is 37.4 Å². The van der Waals surface area contributed by atoms with Crippen LogP contribution >= 0.6 is 0 Å². The van der Waals surface area contributed by atoms with Crippen molar-refractivity contribution in [3.05, 3.63) is 35.4 Å². The standard InChI is InChI=1S/C26H37F2N3O6/c1-7-8-15-36-23(34)18-11-9-17(10-12-18)19(21(32)30(5)6)20(29-24(35)37-25(2,3)4)22(33)31-14-13-26(27,28)16-31/h9-12,19-20H,7-8,13-16H2,1-6H3,(H,29,35)/t19-,20-/m0/s1. The summed E-state index contributed by atoms with van der Waals surface area (Å²) in [5.41, 5.74) is -0.346. The smallest absolute Gasteiger partial charge is 0.408 e. The van der Waals surface area contributed by atoms with Crippen LogP contribution in [0, 0.1) is 0 Å². The number of halogens is 2. The third kappa shape index (κ3) is 8.68. The summed E-state index contributed by atoms with van der Waals surface area (Å²) in [6, 6.07) is 4.36. The van der Waals surface area contributed by atoms with Crippen LogP contribution in [-0.4, -0.2) is 85.0 Å². The highest BCUT2D eigenvalue weighted by Crippen LogP contribution is 2.30. The molecule has 3 amide bonds. The van der Waals surface area contributed by atoms with Gasteiger partial charge in [0, 0.05) is 27.1 Å². The van der Waals surface area contributed by atoms with Gasteiger partial charge in [-0.1, -0.05) is 25.5 Å². The van der Waals surface area contributed by atoms with Gasteiger partial charge in [-0.3, -0.25) is 9.59 Å². The summed E-state index contributed by atoms with van der Waals surface area (Å²) in [6.45, 7) is 6.10. The van der Waals surface area contributed by atoms with Crippen LogP contribution in [0.1, 0.15) is 68.8 Å². The van der Waals surface area contributed by atoms with Gasteiger partial charge in [-0.15, -0.1) is 0 Å². The molecule has 2 atom stereocenters. The molecule has 1 aliphatic heterocycles. The number of nitrogens with zero attached hydrogens (tertiary/aromatic N) is 2. The Balaban J connectivity index is 2.44. The van der Waals surface area contributed by atoms with Crippen molar-refractivity contribution in [2.24, 2.45) is 0 Å². The molecule has 1 aromatic carbocycles. The number of ether oxygens (including phenoxy) is 2. The summed E-state index contributed by atoms with van der Waals surface area (Å²) in [5, 5.41) is 2.45. The molecule has 1 fully saturated rings. The van der Waals surface area contributed by atoms with Crippen LogP contribution in [0.3, 0.4) is 0 Å². The van der Waals surface area contributed by atoms with Crippen LogP contribution in [0.5, 0.6) is 0 Å². The maximum absolute atomic E-state index is 13.9. The molecule has 1 saturated heterocycles. The average molecular weight is 526 g/mol. The molecule has 1 heterocycles. The Morgan fingerprint density at radius 1 is 1.14 bits per heavy atom. The molecule has 37 heavy (non-hydrogen) atoms. The minimum absolute atomic E-state index is 0.219. The SMILES string of the molecule is CCCCOC(=O)c1ccc([C@H](C(=O)N(C)C)[C@H](NC(=O)OC(C)(C)C)C(=O)N2CCC(F)(F)C2)cc1. The minimum atomic E-state index is -3.06. The molecule has 0 aromatic heterocycles. The van der Waals surface area contributed by atoms with Crippen LogP contribution in [-0.2, 0) is 19.1 Å². The fourth-order valence-corrected chi connectivity index (χ4v) is 3.82. The maximum Gasteiger partial charge on any atom is 0.408 e. The van der Waals surface area contributed by atoms with Gasteiger partial charge < -0.3 is 24.6 Å². The highest BCUT2D eigenvalue weighted by Gasteiger charge is 2.46. The van der Waals surface area contributed by atoms with Crippen LogP contribution in [0.2, 0.25) is 0 Å². The molecular formula is C26H37F2N3O6. The molecule has 1 aliphatic rings. The second kappa shape index (κ2) is 12.3. The largest absolute Gasteiger partial charge is 0.462 e. The van der Waals surface area contributed by atoms with Gasteiger partial charge in [-0.2, -0.15) is 0 Å². The average Bonchev–Trinajstić information content (AvgIpc) is 3.16. The lowest BCUT2D eigenvalue weighted by Crippen LogP contribution is -2.55. The fraction of sp³-hybridized carbons (Fsp3) is 0.615. The topological polar surface area (TPSA) is 105 Å². The molecule has 9 nitrogen and oxygen atoms in total. The van der Waals surface area contributed by atoms with E-state index in [4.69, 9.17) is 9.47 Å². The van der Waals surface area contributed by atoms with Crippen molar-refractivity contribution in [1.82, 2.24) is 15.1 Å². The Bertz CT molecular complexity index is 976. The first-order chi connectivity index (χ1) is 17.1. The van der Waals surface area contributed by atoms with Gasteiger partial charge in [0.1, 0.15) is 11.6 Å². The van der Waals surface area contributed by atoms with E-state index in [2.05, 4.69) is 5.32 Å². The number of likely N-dealkylation sites (N-methyl/N-ethyl adjacent to an activating group) is 1. The summed E-state index contributed by atoms with van der Waals surface area (Å²) in [5.74, 6) is -6.24. The molecule has 2 rings (SSSR count). The first-order valence-corrected chi connectivity index (χ1v) is 12.3. The maximum atomic E-state index is 13.9. The van der Waals surface area contributed by atoms with E-state index >= 15 is 0 Å². The number of unbranched alkanes of at least 4 members (excludes halogenated alkanes) is 1. The molecule has 0 unspecified atom stereocenters. The van der Waals surface area contributed by atoms with E-state index < -0.39 is 60.3 Å². The molecule has 1 N–H and O–H groups in total. The summed E-state index contributed by atoms with van der Waals surface area (Å²) >= 11 is 0. The van der Waals surface area contributed by atoms with E-state index in [9.17, 15) is 28.0 Å². The number of carbonyl (C=O) groups excluding carboxylic acids is 4. The first-order valence-electron chi connectivity index (χ1n) is 12.3. The lowest BCUT2D eigenvalue weighted by Gasteiger charge is -2.32. The van der Waals surface area contributed by atoms with Crippen molar-refractivity contribution in [2.75, 3.05) is 33.8 Å². The van der Waals surface area contributed by atoms with Gasteiger partial charge in [0.2, 0.25) is 11.8 Å². The molecule has 0 radical (unpaired) electrons. The highest BCUT2D eigenvalue weighted by molar-refractivity contribution is 5.96.